The molecule has 124 valence electrons. The normalized spacial score (nSPS) is 17.0. The molecule has 1 saturated heterocycles. The van der Waals surface area contributed by atoms with Gasteiger partial charge in [-0.2, -0.15) is 4.98 Å². The highest BCUT2D eigenvalue weighted by Crippen LogP contribution is 2.21. The molecular weight excluding hydrogens is 282 g/mol. The molecule has 7 heteroatoms. The number of nitrogens with one attached hydrogen (secondary N) is 1. The van der Waals surface area contributed by atoms with E-state index in [1.54, 1.807) is 7.05 Å². The topological polar surface area (TPSA) is 74.5 Å². The van der Waals surface area contributed by atoms with Crippen LogP contribution >= 0.6 is 0 Å². The quantitative estimate of drug-likeness (QED) is 0.848. The highest BCUT2D eigenvalue weighted by Gasteiger charge is 2.23. The summed E-state index contributed by atoms with van der Waals surface area (Å²) >= 11 is 0. The van der Waals surface area contributed by atoms with Gasteiger partial charge in [-0.3, -0.25) is 9.69 Å². The fraction of sp³-hybridized carbons (Fsp3) is 0.800. The molecule has 0 unspecified atom stereocenters. The van der Waals surface area contributed by atoms with Crippen molar-refractivity contribution in [1.29, 1.82) is 0 Å². The molecule has 1 aromatic rings. The van der Waals surface area contributed by atoms with E-state index in [-0.39, 0.29) is 11.8 Å². The zero-order valence-electron chi connectivity index (χ0n) is 14.0. The standard InChI is InChI=1S/C15H27N5O2/c1-11(2)14-17-15(22-18-14)19(4)9-12-5-7-20(8-6-12)10-13(21)16-3/h11-12H,5-10H2,1-4H3,(H,16,21). The van der Waals surface area contributed by atoms with Gasteiger partial charge in [-0.1, -0.05) is 19.0 Å². The summed E-state index contributed by atoms with van der Waals surface area (Å²) in [6.45, 7) is 7.45. The summed E-state index contributed by atoms with van der Waals surface area (Å²) in [7, 11) is 3.67. The van der Waals surface area contributed by atoms with Crippen LogP contribution in [-0.2, 0) is 4.79 Å². The Morgan fingerprint density at radius 3 is 2.68 bits per heavy atom. The summed E-state index contributed by atoms with van der Waals surface area (Å²) in [6, 6.07) is 0.594. The third-order valence-electron chi connectivity index (χ3n) is 4.16. The summed E-state index contributed by atoms with van der Waals surface area (Å²) in [5.74, 6) is 1.71. The number of piperidine rings is 1. The zero-order chi connectivity index (χ0) is 16.1. The summed E-state index contributed by atoms with van der Waals surface area (Å²) in [5, 5.41) is 6.68. The Bertz CT molecular complexity index is 480. The van der Waals surface area contributed by atoms with Crippen LogP contribution in [0.25, 0.3) is 0 Å². The molecule has 22 heavy (non-hydrogen) atoms. The van der Waals surface area contributed by atoms with Gasteiger partial charge in [-0.05, 0) is 31.8 Å². The fourth-order valence-corrected chi connectivity index (χ4v) is 2.69. The highest BCUT2D eigenvalue weighted by molar-refractivity contribution is 5.77. The lowest BCUT2D eigenvalue weighted by Gasteiger charge is -2.32. The third-order valence-corrected chi connectivity index (χ3v) is 4.16. The van der Waals surface area contributed by atoms with Crippen molar-refractivity contribution in [1.82, 2.24) is 20.4 Å². The van der Waals surface area contributed by atoms with Gasteiger partial charge in [0.25, 0.3) is 0 Å². The fourth-order valence-electron chi connectivity index (χ4n) is 2.69. The molecule has 0 saturated carbocycles. The van der Waals surface area contributed by atoms with E-state index in [0.29, 0.717) is 18.5 Å². The number of likely N-dealkylation sites (tertiary alicyclic amines) is 1. The van der Waals surface area contributed by atoms with Crippen LogP contribution in [0, 0.1) is 5.92 Å². The highest BCUT2D eigenvalue weighted by atomic mass is 16.5. The predicted molar refractivity (Wildman–Crippen MR) is 84.9 cm³/mol. The molecule has 1 aliphatic rings. The Hall–Kier alpha value is -1.63. The smallest absolute Gasteiger partial charge is 0.323 e. The second-order valence-electron chi connectivity index (χ2n) is 6.36. The average molecular weight is 309 g/mol. The molecule has 1 fully saturated rings. The number of nitrogens with zero attached hydrogens (tertiary/aromatic N) is 4. The van der Waals surface area contributed by atoms with Gasteiger partial charge in [0.1, 0.15) is 0 Å². The Morgan fingerprint density at radius 2 is 2.14 bits per heavy atom. The van der Waals surface area contributed by atoms with E-state index in [9.17, 15) is 4.79 Å². The van der Waals surface area contributed by atoms with Crippen LogP contribution in [0.3, 0.4) is 0 Å². The molecule has 0 atom stereocenters. The van der Waals surface area contributed by atoms with Crippen molar-refractivity contribution in [2.45, 2.75) is 32.6 Å². The Kier molecular flexibility index (Phi) is 5.76. The van der Waals surface area contributed by atoms with Gasteiger partial charge in [-0.25, -0.2) is 0 Å². The van der Waals surface area contributed by atoms with E-state index in [1.165, 1.54) is 0 Å². The average Bonchev–Trinajstić information content (AvgIpc) is 2.99. The molecule has 0 radical (unpaired) electrons. The maximum absolute atomic E-state index is 11.4. The molecule has 0 aliphatic carbocycles. The van der Waals surface area contributed by atoms with Crippen molar-refractivity contribution in [3.63, 3.8) is 0 Å². The van der Waals surface area contributed by atoms with Gasteiger partial charge in [0.15, 0.2) is 5.82 Å². The van der Waals surface area contributed by atoms with Crippen LogP contribution in [0.5, 0.6) is 0 Å². The summed E-state index contributed by atoms with van der Waals surface area (Å²) in [6.07, 6.45) is 2.18. The lowest BCUT2D eigenvalue weighted by molar-refractivity contribution is -0.122. The van der Waals surface area contributed by atoms with E-state index in [4.69, 9.17) is 4.52 Å². The largest absolute Gasteiger partial charge is 0.358 e. The Morgan fingerprint density at radius 1 is 1.45 bits per heavy atom. The predicted octanol–water partition coefficient (Wildman–Crippen LogP) is 1.09. The number of hydrogen-bond donors (Lipinski definition) is 1. The van der Waals surface area contributed by atoms with Gasteiger partial charge in [0.2, 0.25) is 5.91 Å². The van der Waals surface area contributed by atoms with Crippen molar-refractivity contribution in [3.05, 3.63) is 5.82 Å². The minimum Gasteiger partial charge on any atom is -0.358 e. The van der Waals surface area contributed by atoms with Crippen LogP contribution in [0.2, 0.25) is 0 Å². The second kappa shape index (κ2) is 7.58. The van der Waals surface area contributed by atoms with E-state index >= 15 is 0 Å². The maximum Gasteiger partial charge on any atom is 0.323 e. The van der Waals surface area contributed by atoms with Gasteiger partial charge in [-0.15, -0.1) is 0 Å². The molecule has 1 aliphatic heterocycles. The number of carbonyl (C=O) groups is 1. The lowest BCUT2D eigenvalue weighted by atomic mass is 9.96. The first-order valence-electron chi connectivity index (χ1n) is 7.97. The van der Waals surface area contributed by atoms with Crippen LogP contribution in [0.1, 0.15) is 38.4 Å². The van der Waals surface area contributed by atoms with E-state index in [1.807, 2.05) is 11.9 Å². The van der Waals surface area contributed by atoms with Crippen molar-refractivity contribution in [2.75, 3.05) is 45.2 Å². The Balaban J connectivity index is 1.78. The molecule has 7 nitrogen and oxygen atoms in total. The van der Waals surface area contributed by atoms with E-state index in [2.05, 4.69) is 34.2 Å². The number of likely N-dealkylation sites (N-methyl/N-ethyl adjacent to an activating group) is 1. The second-order valence-corrected chi connectivity index (χ2v) is 6.36. The van der Waals surface area contributed by atoms with Gasteiger partial charge in [0, 0.05) is 26.6 Å². The summed E-state index contributed by atoms with van der Waals surface area (Å²) < 4.78 is 5.32. The first kappa shape index (κ1) is 16.7. The molecule has 0 aromatic carbocycles. The number of rotatable bonds is 6. The van der Waals surface area contributed by atoms with Gasteiger partial charge >= 0.3 is 6.01 Å². The number of aromatic nitrogens is 2. The van der Waals surface area contributed by atoms with Crippen molar-refractivity contribution < 1.29 is 9.32 Å². The lowest BCUT2D eigenvalue weighted by Crippen LogP contribution is -2.42. The van der Waals surface area contributed by atoms with Crippen LogP contribution < -0.4 is 10.2 Å². The number of carbonyl (C=O) groups excluding carboxylic acids is 1. The molecule has 2 heterocycles. The first-order chi connectivity index (χ1) is 10.5. The third kappa shape index (κ3) is 4.43. The summed E-state index contributed by atoms with van der Waals surface area (Å²) in [5.41, 5.74) is 0. The van der Waals surface area contributed by atoms with Crippen molar-refractivity contribution in [3.8, 4) is 0 Å². The zero-order valence-corrected chi connectivity index (χ0v) is 14.0. The maximum atomic E-state index is 11.4. The van der Waals surface area contributed by atoms with Crippen LogP contribution in [0.4, 0.5) is 6.01 Å². The minimum absolute atomic E-state index is 0.0858. The first-order valence-corrected chi connectivity index (χ1v) is 7.97. The SMILES string of the molecule is CNC(=O)CN1CCC(CN(C)c2nc(C(C)C)no2)CC1. The van der Waals surface area contributed by atoms with Crippen LogP contribution in [0.15, 0.2) is 4.52 Å². The van der Waals surface area contributed by atoms with Gasteiger partial charge < -0.3 is 14.7 Å². The Labute approximate surface area is 132 Å². The molecule has 2 rings (SSSR count). The van der Waals surface area contributed by atoms with E-state index < -0.39 is 0 Å². The number of hydrogen-bond acceptors (Lipinski definition) is 6. The molecule has 0 bridgehead atoms. The van der Waals surface area contributed by atoms with E-state index in [0.717, 1.165) is 38.3 Å². The summed E-state index contributed by atoms with van der Waals surface area (Å²) in [4.78, 5) is 20.1. The monoisotopic (exact) mass is 309 g/mol. The van der Waals surface area contributed by atoms with Crippen molar-refractivity contribution >= 4 is 11.9 Å². The molecule has 1 aromatic heterocycles. The number of amides is 1. The van der Waals surface area contributed by atoms with Crippen LogP contribution in [-0.4, -0.2) is 61.2 Å². The molecule has 1 amide bonds. The molecule has 0 spiro atoms. The number of anilines is 1. The molecular formula is C15H27N5O2. The molecule has 1 N–H and O–H groups in total. The minimum atomic E-state index is 0.0858. The van der Waals surface area contributed by atoms with Crippen molar-refractivity contribution in [2.24, 2.45) is 5.92 Å². The van der Waals surface area contributed by atoms with Gasteiger partial charge in [0.05, 0.1) is 6.54 Å².